The molecule has 16 rings (SSSR count). The van der Waals surface area contributed by atoms with Gasteiger partial charge in [-0.15, -0.1) is 22.7 Å². The fourth-order valence-electron chi connectivity index (χ4n) is 12.2. The molecular weight excluding hydrogens is 1060 g/mol. The van der Waals surface area contributed by atoms with Gasteiger partial charge >= 0.3 is 0 Å². The smallest absolute Gasteiger partial charge is 0.155 e. The van der Waals surface area contributed by atoms with Gasteiger partial charge in [0.1, 0.15) is 0 Å². The first-order chi connectivity index (χ1) is 41.6. The van der Waals surface area contributed by atoms with Gasteiger partial charge in [0.15, 0.2) is 5.82 Å². The van der Waals surface area contributed by atoms with E-state index in [2.05, 4.69) is 301 Å². The predicted octanol–water partition coefficient (Wildman–Crippen LogP) is 22.8. The van der Waals surface area contributed by atoms with Gasteiger partial charge in [0, 0.05) is 60.7 Å². The highest BCUT2D eigenvalue weighted by molar-refractivity contribution is 7.26. The molecule has 6 heteroatoms. The Morgan fingerprint density at radius 3 is 1.36 bits per heavy atom. The zero-order chi connectivity index (χ0) is 55.5. The summed E-state index contributed by atoms with van der Waals surface area (Å²) in [7, 11) is 0. The molecule has 0 aliphatic heterocycles. The SMILES string of the molecule is c1ccc(-c2ccc(N(c3ccc(-c4ccc5ccccc5c4)cc3)c3nccc4c3sc3cccc(-c5cccc(-c6ccc(N(c7ccc(-c8ccc9ccccc9c8)cc7)c7ccnc8c7sc7ccccc78)cc6)c5)c34)cc2)cc1. The van der Waals surface area contributed by atoms with Gasteiger partial charge in [0.2, 0.25) is 0 Å². The molecule has 0 N–H and O–H groups in total. The number of fused-ring (bicyclic) bond motifs is 8. The van der Waals surface area contributed by atoms with Gasteiger partial charge in [0.05, 0.1) is 20.6 Å². The van der Waals surface area contributed by atoms with E-state index < -0.39 is 0 Å². The molecule has 16 aromatic rings. The third-order valence-electron chi connectivity index (χ3n) is 16.4. The van der Waals surface area contributed by atoms with E-state index in [-0.39, 0.29) is 0 Å². The highest BCUT2D eigenvalue weighted by Gasteiger charge is 2.23. The van der Waals surface area contributed by atoms with Crippen LogP contribution in [0.5, 0.6) is 0 Å². The Morgan fingerprint density at radius 1 is 0.274 bits per heavy atom. The van der Waals surface area contributed by atoms with Crippen LogP contribution in [0.3, 0.4) is 0 Å². The van der Waals surface area contributed by atoms with Gasteiger partial charge in [-0.2, -0.15) is 0 Å². The van der Waals surface area contributed by atoms with Gasteiger partial charge in [-0.05, 0) is 168 Å². The average Bonchev–Trinajstić information content (AvgIpc) is 3.95. The van der Waals surface area contributed by atoms with E-state index in [0.29, 0.717) is 0 Å². The minimum Gasteiger partial charge on any atom is -0.309 e. The fourth-order valence-corrected chi connectivity index (χ4v) is 14.5. The van der Waals surface area contributed by atoms with E-state index >= 15 is 0 Å². The molecule has 0 saturated heterocycles. The molecule has 12 aromatic carbocycles. The quantitative estimate of drug-likeness (QED) is 0.129. The molecule has 0 aliphatic carbocycles. The van der Waals surface area contributed by atoms with Gasteiger partial charge < -0.3 is 4.90 Å². The van der Waals surface area contributed by atoms with Crippen LogP contribution in [-0.2, 0) is 0 Å². The molecule has 394 valence electrons. The molecule has 0 fully saturated rings. The van der Waals surface area contributed by atoms with Crippen LogP contribution >= 0.6 is 22.7 Å². The van der Waals surface area contributed by atoms with Crippen LogP contribution in [0.15, 0.2) is 304 Å². The number of aromatic nitrogens is 2. The normalized spacial score (nSPS) is 11.6. The van der Waals surface area contributed by atoms with E-state index in [0.717, 1.165) is 65.9 Å². The Kier molecular flexibility index (Phi) is 12.2. The standard InChI is InChI=1S/C78H50N4S2/c1-2-12-51(13-3-1)54-28-40-66(41-29-54)82(67-42-34-57(35-43-67)62-27-25-53-15-5-7-17-59(53)49-62)78-76-70(44-46-80-78)74-68(21-11-23-73(74)84-76)63-19-10-18-60(50-63)55-30-36-64(37-31-55)81(71-45-47-79-75-69-20-8-9-22-72(69)83-77(71)75)65-38-32-56(33-39-65)61-26-24-52-14-4-6-16-58(52)48-61/h1-50H. The lowest BCUT2D eigenvalue weighted by molar-refractivity contribution is 1.20. The van der Waals surface area contributed by atoms with Gasteiger partial charge in [-0.25, -0.2) is 4.98 Å². The summed E-state index contributed by atoms with van der Waals surface area (Å²) in [4.78, 5) is 14.9. The summed E-state index contributed by atoms with van der Waals surface area (Å²) < 4.78 is 4.73. The first-order valence-corrected chi connectivity index (χ1v) is 30.0. The molecule has 0 aliphatic rings. The Hall–Kier alpha value is -10.5. The van der Waals surface area contributed by atoms with Crippen molar-refractivity contribution in [3.8, 4) is 55.6 Å². The lowest BCUT2D eigenvalue weighted by Crippen LogP contribution is -2.11. The molecule has 0 saturated carbocycles. The average molecular weight is 1110 g/mol. The first kappa shape index (κ1) is 49.3. The second kappa shape index (κ2) is 20.8. The largest absolute Gasteiger partial charge is 0.309 e. The fraction of sp³-hybridized carbons (Fsp3) is 0. The Balaban J connectivity index is 0.762. The summed E-state index contributed by atoms with van der Waals surface area (Å²) >= 11 is 3.60. The Labute approximate surface area is 494 Å². The predicted molar refractivity (Wildman–Crippen MR) is 359 cm³/mol. The van der Waals surface area contributed by atoms with Crippen LogP contribution in [0.25, 0.3) is 118 Å². The number of pyridine rings is 2. The Morgan fingerprint density at radius 2 is 0.726 bits per heavy atom. The van der Waals surface area contributed by atoms with Gasteiger partial charge in [0.25, 0.3) is 0 Å². The molecule has 0 unspecified atom stereocenters. The van der Waals surface area contributed by atoms with E-state index in [4.69, 9.17) is 9.97 Å². The maximum atomic E-state index is 5.25. The van der Waals surface area contributed by atoms with Crippen molar-refractivity contribution >= 4 is 119 Å². The summed E-state index contributed by atoms with van der Waals surface area (Å²) in [5, 5.41) is 8.53. The summed E-state index contributed by atoms with van der Waals surface area (Å²) in [6.45, 7) is 0. The van der Waals surface area contributed by atoms with Gasteiger partial charge in [-0.1, -0.05) is 200 Å². The third-order valence-corrected chi connectivity index (χ3v) is 18.7. The molecule has 0 atom stereocenters. The van der Waals surface area contributed by atoms with E-state index in [9.17, 15) is 0 Å². The van der Waals surface area contributed by atoms with Crippen LogP contribution in [0, 0.1) is 0 Å². The third kappa shape index (κ3) is 8.84. The minimum absolute atomic E-state index is 0.897. The van der Waals surface area contributed by atoms with Crippen molar-refractivity contribution in [1.82, 2.24) is 9.97 Å². The maximum absolute atomic E-state index is 5.25. The number of nitrogens with zero attached hydrogens (tertiary/aromatic N) is 4. The van der Waals surface area contributed by atoms with Crippen LogP contribution in [0.1, 0.15) is 0 Å². The number of benzene rings is 12. The summed E-state index contributed by atoms with van der Waals surface area (Å²) in [5.41, 5.74) is 18.1. The zero-order valence-electron chi connectivity index (χ0n) is 45.5. The molecule has 4 heterocycles. The Bertz CT molecular complexity index is 5130. The molecule has 84 heavy (non-hydrogen) atoms. The molecule has 0 amide bonds. The summed E-state index contributed by atoms with van der Waals surface area (Å²) in [6.07, 6.45) is 3.93. The first-order valence-electron chi connectivity index (χ1n) is 28.3. The molecule has 0 bridgehead atoms. The van der Waals surface area contributed by atoms with E-state index in [1.54, 1.807) is 22.7 Å². The van der Waals surface area contributed by atoms with E-state index in [1.165, 1.54) is 86.0 Å². The number of hydrogen-bond acceptors (Lipinski definition) is 6. The van der Waals surface area contributed by atoms with E-state index in [1.807, 2.05) is 12.4 Å². The number of anilines is 6. The van der Waals surface area contributed by atoms with Crippen molar-refractivity contribution in [1.29, 1.82) is 0 Å². The molecule has 0 spiro atoms. The topological polar surface area (TPSA) is 32.3 Å². The lowest BCUT2D eigenvalue weighted by atomic mass is 9.96. The lowest BCUT2D eigenvalue weighted by Gasteiger charge is -2.26. The minimum atomic E-state index is 0.897. The van der Waals surface area contributed by atoms with Crippen LogP contribution in [0.4, 0.5) is 34.3 Å². The summed E-state index contributed by atoms with van der Waals surface area (Å²) in [5.74, 6) is 0.897. The second-order valence-electron chi connectivity index (χ2n) is 21.3. The van der Waals surface area contributed by atoms with Crippen molar-refractivity contribution in [3.05, 3.63) is 304 Å². The molecule has 4 nitrogen and oxygen atoms in total. The number of thiophene rings is 2. The van der Waals surface area contributed by atoms with Crippen LogP contribution < -0.4 is 9.80 Å². The van der Waals surface area contributed by atoms with Crippen molar-refractivity contribution in [2.45, 2.75) is 0 Å². The highest BCUT2D eigenvalue weighted by Crippen LogP contribution is 2.48. The van der Waals surface area contributed by atoms with Crippen LogP contribution in [-0.4, -0.2) is 9.97 Å². The maximum Gasteiger partial charge on any atom is 0.155 e. The van der Waals surface area contributed by atoms with Crippen molar-refractivity contribution in [3.63, 3.8) is 0 Å². The van der Waals surface area contributed by atoms with Crippen molar-refractivity contribution in [2.24, 2.45) is 0 Å². The van der Waals surface area contributed by atoms with Crippen LogP contribution in [0.2, 0.25) is 0 Å². The summed E-state index contributed by atoms with van der Waals surface area (Å²) in [6, 6.07) is 106. The van der Waals surface area contributed by atoms with Gasteiger partial charge in [-0.3, -0.25) is 9.88 Å². The monoisotopic (exact) mass is 1110 g/mol. The van der Waals surface area contributed by atoms with Crippen molar-refractivity contribution in [2.75, 3.05) is 9.80 Å². The zero-order valence-corrected chi connectivity index (χ0v) is 47.1. The number of rotatable bonds is 11. The molecular formula is C78H50N4S2. The molecule has 0 radical (unpaired) electrons. The number of hydrogen-bond donors (Lipinski definition) is 0. The second-order valence-corrected chi connectivity index (χ2v) is 23.4. The molecule has 4 aromatic heterocycles. The highest BCUT2D eigenvalue weighted by atomic mass is 32.1. The van der Waals surface area contributed by atoms with Crippen molar-refractivity contribution < 1.29 is 0 Å².